The SMILES string of the molecule is CC1(CN2CCC2CN)COC1. The van der Waals surface area contributed by atoms with E-state index in [1.54, 1.807) is 0 Å². The molecule has 3 heteroatoms. The summed E-state index contributed by atoms with van der Waals surface area (Å²) in [6.07, 6.45) is 1.29. The molecule has 0 amide bonds. The summed E-state index contributed by atoms with van der Waals surface area (Å²) < 4.78 is 5.22. The number of hydrogen-bond acceptors (Lipinski definition) is 3. The molecule has 0 radical (unpaired) electrons. The minimum atomic E-state index is 0.424. The summed E-state index contributed by atoms with van der Waals surface area (Å²) in [5.74, 6) is 0. The van der Waals surface area contributed by atoms with E-state index in [4.69, 9.17) is 10.5 Å². The summed E-state index contributed by atoms with van der Waals surface area (Å²) >= 11 is 0. The van der Waals surface area contributed by atoms with Gasteiger partial charge in [0.25, 0.3) is 0 Å². The van der Waals surface area contributed by atoms with E-state index in [0.717, 1.165) is 19.8 Å². The largest absolute Gasteiger partial charge is 0.380 e. The molecular formula is C9H18N2O. The van der Waals surface area contributed by atoms with Crippen molar-refractivity contribution in [3.8, 4) is 0 Å². The zero-order chi connectivity index (χ0) is 8.60. The lowest BCUT2D eigenvalue weighted by Crippen LogP contribution is -2.58. The maximum atomic E-state index is 5.63. The van der Waals surface area contributed by atoms with Crippen LogP contribution in [0.4, 0.5) is 0 Å². The fraction of sp³-hybridized carbons (Fsp3) is 1.00. The van der Waals surface area contributed by atoms with Gasteiger partial charge in [-0.1, -0.05) is 6.92 Å². The molecule has 1 unspecified atom stereocenters. The Bertz CT molecular complexity index is 166. The van der Waals surface area contributed by atoms with Gasteiger partial charge in [0.1, 0.15) is 0 Å². The van der Waals surface area contributed by atoms with Crippen molar-refractivity contribution in [1.82, 2.24) is 4.90 Å². The highest BCUT2D eigenvalue weighted by molar-refractivity contribution is 4.91. The third kappa shape index (κ3) is 1.37. The molecule has 0 aromatic heterocycles. The molecule has 2 fully saturated rings. The highest BCUT2D eigenvalue weighted by Gasteiger charge is 2.39. The highest BCUT2D eigenvalue weighted by Crippen LogP contribution is 2.30. The van der Waals surface area contributed by atoms with Crippen molar-refractivity contribution in [1.29, 1.82) is 0 Å². The van der Waals surface area contributed by atoms with Crippen LogP contribution >= 0.6 is 0 Å². The summed E-state index contributed by atoms with van der Waals surface area (Å²) in [4.78, 5) is 2.49. The molecule has 12 heavy (non-hydrogen) atoms. The van der Waals surface area contributed by atoms with E-state index in [1.807, 2.05) is 0 Å². The van der Waals surface area contributed by atoms with E-state index in [2.05, 4.69) is 11.8 Å². The summed E-state index contributed by atoms with van der Waals surface area (Å²) in [5, 5.41) is 0. The lowest BCUT2D eigenvalue weighted by Gasteiger charge is -2.48. The van der Waals surface area contributed by atoms with E-state index >= 15 is 0 Å². The quantitative estimate of drug-likeness (QED) is 0.650. The van der Waals surface area contributed by atoms with Gasteiger partial charge in [0.05, 0.1) is 13.2 Å². The van der Waals surface area contributed by atoms with Crippen molar-refractivity contribution in [2.75, 3.05) is 32.8 Å². The molecule has 0 aromatic rings. The van der Waals surface area contributed by atoms with Crippen LogP contribution in [0.25, 0.3) is 0 Å². The van der Waals surface area contributed by atoms with E-state index < -0.39 is 0 Å². The topological polar surface area (TPSA) is 38.5 Å². The fourth-order valence-corrected chi connectivity index (χ4v) is 2.00. The van der Waals surface area contributed by atoms with Gasteiger partial charge in [0.2, 0.25) is 0 Å². The van der Waals surface area contributed by atoms with Gasteiger partial charge in [-0.05, 0) is 6.42 Å². The first-order valence-corrected chi connectivity index (χ1v) is 4.75. The van der Waals surface area contributed by atoms with E-state index in [-0.39, 0.29) is 0 Å². The minimum Gasteiger partial charge on any atom is -0.380 e. The van der Waals surface area contributed by atoms with Crippen LogP contribution in [-0.2, 0) is 4.74 Å². The Balaban J connectivity index is 1.79. The molecule has 0 spiro atoms. The number of hydrogen-bond donors (Lipinski definition) is 1. The Kier molecular flexibility index (Phi) is 2.10. The molecular weight excluding hydrogens is 152 g/mol. The third-order valence-corrected chi connectivity index (χ3v) is 3.02. The monoisotopic (exact) mass is 170 g/mol. The molecule has 2 N–H and O–H groups in total. The summed E-state index contributed by atoms with van der Waals surface area (Å²) in [6.45, 7) is 7.38. The number of rotatable bonds is 3. The van der Waals surface area contributed by atoms with Crippen molar-refractivity contribution in [2.45, 2.75) is 19.4 Å². The lowest BCUT2D eigenvalue weighted by molar-refractivity contribution is -0.128. The molecule has 0 saturated carbocycles. The first-order valence-electron chi connectivity index (χ1n) is 4.75. The number of ether oxygens (including phenoxy) is 1. The van der Waals surface area contributed by atoms with E-state index in [9.17, 15) is 0 Å². The summed E-state index contributed by atoms with van der Waals surface area (Å²) in [7, 11) is 0. The van der Waals surface area contributed by atoms with Gasteiger partial charge >= 0.3 is 0 Å². The molecule has 0 bridgehead atoms. The lowest BCUT2D eigenvalue weighted by atomic mass is 9.86. The van der Waals surface area contributed by atoms with Gasteiger partial charge in [0, 0.05) is 31.1 Å². The molecule has 2 saturated heterocycles. The number of nitrogens with two attached hydrogens (primary N) is 1. The van der Waals surface area contributed by atoms with Crippen LogP contribution in [0.1, 0.15) is 13.3 Å². The van der Waals surface area contributed by atoms with Crippen LogP contribution < -0.4 is 5.73 Å². The average molecular weight is 170 g/mol. The van der Waals surface area contributed by atoms with E-state index in [1.165, 1.54) is 19.5 Å². The van der Waals surface area contributed by atoms with Crippen molar-refractivity contribution in [2.24, 2.45) is 11.1 Å². The Morgan fingerprint density at radius 3 is 2.67 bits per heavy atom. The standard InChI is InChI=1S/C9H18N2O/c1-9(6-12-7-9)5-11-3-2-8(11)4-10/h8H,2-7,10H2,1H3. The molecule has 3 nitrogen and oxygen atoms in total. The van der Waals surface area contributed by atoms with Crippen molar-refractivity contribution >= 4 is 0 Å². The zero-order valence-electron chi connectivity index (χ0n) is 7.75. The number of likely N-dealkylation sites (tertiary alicyclic amines) is 1. The smallest absolute Gasteiger partial charge is 0.0554 e. The normalized spacial score (nSPS) is 34.0. The predicted molar refractivity (Wildman–Crippen MR) is 48.0 cm³/mol. The molecule has 0 aliphatic carbocycles. The fourth-order valence-electron chi connectivity index (χ4n) is 2.00. The Morgan fingerprint density at radius 2 is 2.33 bits per heavy atom. The van der Waals surface area contributed by atoms with Gasteiger partial charge in [-0.2, -0.15) is 0 Å². The van der Waals surface area contributed by atoms with Crippen LogP contribution in [0.5, 0.6) is 0 Å². The van der Waals surface area contributed by atoms with Gasteiger partial charge < -0.3 is 10.5 Å². The Morgan fingerprint density at radius 1 is 1.58 bits per heavy atom. The summed E-state index contributed by atoms with van der Waals surface area (Å²) in [5.41, 5.74) is 6.05. The average Bonchev–Trinajstić information content (AvgIpc) is 1.96. The van der Waals surface area contributed by atoms with Gasteiger partial charge in [-0.15, -0.1) is 0 Å². The third-order valence-electron chi connectivity index (χ3n) is 3.02. The first-order chi connectivity index (χ1) is 5.73. The molecule has 2 rings (SSSR count). The second-order valence-electron chi connectivity index (χ2n) is 4.45. The molecule has 2 aliphatic heterocycles. The maximum Gasteiger partial charge on any atom is 0.0554 e. The molecule has 2 heterocycles. The second-order valence-corrected chi connectivity index (χ2v) is 4.45. The molecule has 0 aromatic carbocycles. The van der Waals surface area contributed by atoms with Gasteiger partial charge in [-0.3, -0.25) is 4.90 Å². The van der Waals surface area contributed by atoms with Gasteiger partial charge in [0.15, 0.2) is 0 Å². The van der Waals surface area contributed by atoms with Crippen LogP contribution in [0, 0.1) is 5.41 Å². The molecule has 2 aliphatic rings. The predicted octanol–water partition coefficient (Wildman–Crippen LogP) is 0.0559. The van der Waals surface area contributed by atoms with Crippen LogP contribution in [-0.4, -0.2) is 43.8 Å². The van der Waals surface area contributed by atoms with Crippen LogP contribution in [0.2, 0.25) is 0 Å². The van der Waals surface area contributed by atoms with E-state index in [0.29, 0.717) is 11.5 Å². The van der Waals surface area contributed by atoms with Crippen LogP contribution in [0.3, 0.4) is 0 Å². The van der Waals surface area contributed by atoms with Crippen molar-refractivity contribution in [3.05, 3.63) is 0 Å². The zero-order valence-corrected chi connectivity index (χ0v) is 7.75. The van der Waals surface area contributed by atoms with Gasteiger partial charge in [-0.25, -0.2) is 0 Å². The number of nitrogens with zero attached hydrogens (tertiary/aromatic N) is 1. The Hall–Kier alpha value is -0.120. The Labute approximate surface area is 73.9 Å². The summed E-state index contributed by atoms with van der Waals surface area (Å²) in [6, 6.07) is 0.655. The van der Waals surface area contributed by atoms with Crippen molar-refractivity contribution < 1.29 is 4.74 Å². The van der Waals surface area contributed by atoms with Crippen LogP contribution in [0.15, 0.2) is 0 Å². The minimum absolute atomic E-state index is 0.424. The maximum absolute atomic E-state index is 5.63. The molecule has 1 atom stereocenters. The van der Waals surface area contributed by atoms with Crippen molar-refractivity contribution in [3.63, 3.8) is 0 Å². The highest BCUT2D eigenvalue weighted by atomic mass is 16.5. The second kappa shape index (κ2) is 2.98. The first kappa shape index (κ1) is 8.48. The molecule has 70 valence electrons.